The minimum Gasteiger partial charge on any atom is -0.356 e. The van der Waals surface area contributed by atoms with Gasteiger partial charge in [0.25, 0.3) is 5.91 Å². The van der Waals surface area contributed by atoms with Crippen LogP contribution in [0, 0.1) is 11.8 Å². The minimum atomic E-state index is 0. The molecule has 2 fully saturated rings. The van der Waals surface area contributed by atoms with Crippen LogP contribution in [0.1, 0.15) is 42.5 Å². The molecule has 144 valence electrons. The average Bonchev–Trinajstić information content (AvgIpc) is 2.69. The van der Waals surface area contributed by atoms with Gasteiger partial charge in [0.2, 0.25) is 5.91 Å². The maximum absolute atomic E-state index is 12.4. The predicted molar refractivity (Wildman–Crippen MR) is 106 cm³/mol. The van der Waals surface area contributed by atoms with Crippen LogP contribution in [0.4, 0.5) is 0 Å². The molecule has 5 nitrogen and oxygen atoms in total. The van der Waals surface area contributed by atoms with E-state index in [2.05, 4.69) is 10.6 Å². The molecule has 3 rings (SSSR count). The molecule has 6 heteroatoms. The number of nitrogens with zero attached hydrogens (tertiary/aromatic N) is 1. The number of benzene rings is 1. The molecule has 0 radical (unpaired) electrons. The Bertz CT molecular complexity index is 568. The molecule has 0 bridgehead atoms. The normalized spacial score (nSPS) is 20.9. The highest BCUT2D eigenvalue weighted by molar-refractivity contribution is 5.94. The van der Waals surface area contributed by atoms with Crippen molar-refractivity contribution in [3.8, 4) is 0 Å². The molecular formula is C20H30ClN3O2. The Morgan fingerprint density at radius 3 is 2.50 bits per heavy atom. The van der Waals surface area contributed by atoms with Crippen LogP contribution in [-0.4, -0.2) is 49.4 Å². The highest BCUT2D eigenvalue weighted by Gasteiger charge is 2.27. The van der Waals surface area contributed by atoms with Gasteiger partial charge < -0.3 is 15.5 Å². The molecule has 1 unspecified atom stereocenters. The number of likely N-dealkylation sites (tertiary alicyclic amines) is 1. The van der Waals surface area contributed by atoms with Gasteiger partial charge in [-0.1, -0.05) is 18.2 Å². The van der Waals surface area contributed by atoms with Crippen molar-refractivity contribution >= 4 is 24.2 Å². The third-order valence-electron chi connectivity index (χ3n) is 5.42. The Balaban J connectivity index is 0.00000243. The second kappa shape index (κ2) is 10.5. The van der Waals surface area contributed by atoms with Crippen molar-refractivity contribution in [2.24, 2.45) is 11.8 Å². The Morgan fingerprint density at radius 1 is 1.12 bits per heavy atom. The number of carbonyl (C=O) groups is 2. The summed E-state index contributed by atoms with van der Waals surface area (Å²) in [5.74, 6) is 0.975. The van der Waals surface area contributed by atoms with Gasteiger partial charge in [0, 0.05) is 31.1 Å². The Hall–Kier alpha value is -1.59. The van der Waals surface area contributed by atoms with Gasteiger partial charge in [-0.3, -0.25) is 9.59 Å². The topological polar surface area (TPSA) is 61.4 Å². The average molecular weight is 380 g/mol. The van der Waals surface area contributed by atoms with Crippen molar-refractivity contribution in [3.05, 3.63) is 35.9 Å². The predicted octanol–water partition coefficient (Wildman–Crippen LogP) is 2.47. The monoisotopic (exact) mass is 379 g/mol. The number of carbonyl (C=O) groups excluding carboxylic acids is 2. The molecule has 2 aliphatic rings. The minimum absolute atomic E-state index is 0. The summed E-state index contributed by atoms with van der Waals surface area (Å²) in [6, 6.07) is 9.38. The van der Waals surface area contributed by atoms with E-state index in [-0.39, 0.29) is 30.1 Å². The van der Waals surface area contributed by atoms with E-state index in [0.717, 1.165) is 44.5 Å². The number of rotatable bonds is 5. The zero-order valence-electron chi connectivity index (χ0n) is 15.3. The van der Waals surface area contributed by atoms with Crippen molar-refractivity contribution in [1.29, 1.82) is 0 Å². The van der Waals surface area contributed by atoms with Gasteiger partial charge in [0.1, 0.15) is 0 Å². The zero-order valence-corrected chi connectivity index (χ0v) is 16.1. The van der Waals surface area contributed by atoms with E-state index >= 15 is 0 Å². The second-order valence-corrected chi connectivity index (χ2v) is 7.22. The SMILES string of the molecule is Cl.O=C(NCCC1CCCNC1)C1CCN(C(=O)c2ccccc2)CC1. The van der Waals surface area contributed by atoms with Crippen LogP contribution >= 0.6 is 12.4 Å². The van der Waals surface area contributed by atoms with Crippen LogP contribution in [0.25, 0.3) is 0 Å². The summed E-state index contributed by atoms with van der Waals surface area (Å²) in [4.78, 5) is 26.7. The number of amides is 2. The fourth-order valence-electron chi connectivity index (χ4n) is 3.82. The quantitative estimate of drug-likeness (QED) is 0.826. The molecule has 2 amide bonds. The number of halogens is 1. The molecular weight excluding hydrogens is 350 g/mol. The molecule has 0 saturated carbocycles. The van der Waals surface area contributed by atoms with E-state index in [4.69, 9.17) is 0 Å². The van der Waals surface area contributed by atoms with Gasteiger partial charge >= 0.3 is 0 Å². The lowest BCUT2D eigenvalue weighted by Crippen LogP contribution is -2.43. The van der Waals surface area contributed by atoms with E-state index in [0.29, 0.717) is 19.0 Å². The third-order valence-corrected chi connectivity index (χ3v) is 5.42. The van der Waals surface area contributed by atoms with Gasteiger partial charge in [-0.15, -0.1) is 12.4 Å². The van der Waals surface area contributed by atoms with Gasteiger partial charge in [0.15, 0.2) is 0 Å². The van der Waals surface area contributed by atoms with E-state index in [1.54, 1.807) is 0 Å². The fraction of sp³-hybridized carbons (Fsp3) is 0.600. The van der Waals surface area contributed by atoms with Gasteiger partial charge in [0.05, 0.1) is 0 Å². The van der Waals surface area contributed by atoms with Gasteiger partial charge in [-0.25, -0.2) is 0 Å². The van der Waals surface area contributed by atoms with E-state index < -0.39 is 0 Å². The van der Waals surface area contributed by atoms with Gasteiger partial charge in [-0.05, 0) is 63.2 Å². The summed E-state index contributed by atoms with van der Waals surface area (Å²) in [5, 5.41) is 6.52. The first-order chi connectivity index (χ1) is 12.2. The first-order valence-electron chi connectivity index (χ1n) is 9.57. The number of hydrogen-bond acceptors (Lipinski definition) is 3. The first-order valence-corrected chi connectivity index (χ1v) is 9.57. The Kier molecular flexibility index (Phi) is 8.39. The fourth-order valence-corrected chi connectivity index (χ4v) is 3.82. The lowest BCUT2D eigenvalue weighted by atomic mass is 9.94. The van der Waals surface area contributed by atoms with E-state index in [9.17, 15) is 9.59 Å². The van der Waals surface area contributed by atoms with E-state index in [1.165, 1.54) is 12.8 Å². The lowest BCUT2D eigenvalue weighted by Gasteiger charge is -2.31. The van der Waals surface area contributed by atoms with Crippen LogP contribution in [0.2, 0.25) is 0 Å². The van der Waals surface area contributed by atoms with Crippen LogP contribution in [0.15, 0.2) is 30.3 Å². The van der Waals surface area contributed by atoms with Crippen molar-refractivity contribution in [2.45, 2.75) is 32.1 Å². The molecule has 1 aromatic rings. The second-order valence-electron chi connectivity index (χ2n) is 7.22. The molecule has 0 aliphatic carbocycles. The highest BCUT2D eigenvalue weighted by Crippen LogP contribution is 2.19. The summed E-state index contributed by atoms with van der Waals surface area (Å²) >= 11 is 0. The summed E-state index contributed by atoms with van der Waals surface area (Å²) in [6.45, 7) is 4.31. The van der Waals surface area contributed by atoms with Crippen molar-refractivity contribution < 1.29 is 9.59 Å². The molecule has 0 aromatic heterocycles. The lowest BCUT2D eigenvalue weighted by molar-refractivity contribution is -0.126. The maximum Gasteiger partial charge on any atom is 0.253 e. The Morgan fingerprint density at radius 2 is 1.85 bits per heavy atom. The highest BCUT2D eigenvalue weighted by atomic mass is 35.5. The molecule has 0 spiro atoms. The summed E-state index contributed by atoms with van der Waals surface area (Å²) in [7, 11) is 0. The van der Waals surface area contributed by atoms with E-state index in [1.807, 2.05) is 35.2 Å². The van der Waals surface area contributed by atoms with Crippen LogP contribution in [0.5, 0.6) is 0 Å². The number of piperidine rings is 2. The van der Waals surface area contributed by atoms with Crippen molar-refractivity contribution in [3.63, 3.8) is 0 Å². The molecule has 26 heavy (non-hydrogen) atoms. The third kappa shape index (κ3) is 5.71. The zero-order chi connectivity index (χ0) is 17.5. The van der Waals surface area contributed by atoms with Crippen molar-refractivity contribution in [1.82, 2.24) is 15.5 Å². The number of hydrogen-bond donors (Lipinski definition) is 2. The summed E-state index contributed by atoms with van der Waals surface area (Å²) in [5.41, 5.74) is 0.728. The van der Waals surface area contributed by atoms with Crippen molar-refractivity contribution in [2.75, 3.05) is 32.7 Å². The smallest absolute Gasteiger partial charge is 0.253 e. The van der Waals surface area contributed by atoms with Crippen LogP contribution < -0.4 is 10.6 Å². The molecule has 2 saturated heterocycles. The summed E-state index contributed by atoms with van der Waals surface area (Å²) < 4.78 is 0. The molecule has 2 aliphatic heterocycles. The van der Waals surface area contributed by atoms with Crippen LogP contribution in [-0.2, 0) is 4.79 Å². The molecule has 1 aromatic carbocycles. The summed E-state index contributed by atoms with van der Waals surface area (Å²) in [6.07, 6.45) is 5.09. The maximum atomic E-state index is 12.4. The Labute approximate surface area is 162 Å². The molecule has 2 heterocycles. The standard InChI is InChI=1S/C20H29N3O2.ClH/c24-19(22-12-8-16-5-4-11-21-15-16)17-9-13-23(14-10-17)20(25)18-6-2-1-3-7-18;/h1-3,6-7,16-17,21H,4-5,8-15H2,(H,22,24);1H. The van der Waals surface area contributed by atoms with Crippen LogP contribution in [0.3, 0.4) is 0 Å². The molecule has 1 atom stereocenters. The van der Waals surface area contributed by atoms with Gasteiger partial charge in [-0.2, -0.15) is 0 Å². The molecule has 2 N–H and O–H groups in total. The first kappa shape index (κ1) is 20.7. The largest absolute Gasteiger partial charge is 0.356 e. The number of nitrogens with one attached hydrogen (secondary N) is 2.